The summed E-state index contributed by atoms with van der Waals surface area (Å²) in [4.78, 5) is 49.6. The number of carboxylic acid groups (broad SMARTS) is 1. The van der Waals surface area contributed by atoms with E-state index in [1.807, 2.05) is 0 Å². The van der Waals surface area contributed by atoms with Gasteiger partial charge in [-0.1, -0.05) is 50.7 Å². The second-order valence-electron chi connectivity index (χ2n) is 7.52. The molecule has 0 unspecified atom stereocenters. The third-order valence-electron chi connectivity index (χ3n) is 4.88. The normalized spacial score (nSPS) is 14.1. The Balaban J connectivity index is 1.84. The maximum atomic E-state index is 11.6. The number of hydrogen-bond donors (Lipinski definition) is 1. The highest BCUT2D eigenvalue weighted by Crippen LogP contribution is 2.14. The fraction of sp³-hybridized carbons (Fsp3) is 0.727. The van der Waals surface area contributed by atoms with Crippen molar-refractivity contribution in [3.63, 3.8) is 0 Å². The van der Waals surface area contributed by atoms with Crippen LogP contribution in [-0.4, -0.2) is 33.9 Å². The van der Waals surface area contributed by atoms with Crippen LogP contribution >= 0.6 is 0 Å². The number of carbonyl (C=O) groups excluding carboxylic acids is 3. The predicted octanol–water partition coefficient (Wildman–Crippen LogP) is 4.70. The van der Waals surface area contributed by atoms with Crippen molar-refractivity contribution in [2.24, 2.45) is 0 Å². The number of carbonyl (C=O) groups is 4. The molecule has 0 saturated carbocycles. The third kappa shape index (κ3) is 12.8. The molecule has 29 heavy (non-hydrogen) atoms. The number of hydroxylamine groups is 2. The number of imide groups is 1. The standard InChI is InChI=1S/C22H35NO6/c24-19-17-18-20(25)23(19)29-22(28)16-14-12-10-8-6-4-2-1-3-5-7-9-11-13-15-21(26)27/h1-2H,3-18H2,(H,26,27)/b2-1-. The van der Waals surface area contributed by atoms with E-state index in [1.54, 1.807) is 0 Å². The van der Waals surface area contributed by atoms with Crippen molar-refractivity contribution in [3.05, 3.63) is 12.2 Å². The van der Waals surface area contributed by atoms with Gasteiger partial charge >= 0.3 is 11.9 Å². The van der Waals surface area contributed by atoms with E-state index in [2.05, 4.69) is 12.2 Å². The number of allylic oxidation sites excluding steroid dienone is 2. The Hall–Kier alpha value is -2.18. The molecule has 1 aliphatic heterocycles. The molecule has 0 aromatic rings. The van der Waals surface area contributed by atoms with Crippen LogP contribution < -0.4 is 0 Å². The molecule has 1 aliphatic rings. The van der Waals surface area contributed by atoms with Crippen LogP contribution in [0.3, 0.4) is 0 Å². The molecule has 1 N–H and O–H groups in total. The Bertz CT molecular complexity index is 542. The summed E-state index contributed by atoms with van der Waals surface area (Å²) in [5.74, 6) is -2.10. The van der Waals surface area contributed by atoms with E-state index >= 15 is 0 Å². The number of hydrogen-bond acceptors (Lipinski definition) is 5. The van der Waals surface area contributed by atoms with Crippen LogP contribution in [0.15, 0.2) is 12.2 Å². The number of nitrogens with zero attached hydrogens (tertiary/aromatic N) is 1. The van der Waals surface area contributed by atoms with Crippen molar-refractivity contribution in [2.75, 3.05) is 0 Å². The molecule has 0 aromatic carbocycles. The van der Waals surface area contributed by atoms with Gasteiger partial charge in [-0.05, 0) is 38.5 Å². The zero-order chi connectivity index (χ0) is 21.3. The maximum absolute atomic E-state index is 11.6. The highest BCUT2D eigenvalue weighted by Gasteiger charge is 2.32. The lowest BCUT2D eigenvalue weighted by molar-refractivity contribution is -0.197. The molecule has 2 amide bonds. The topological polar surface area (TPSA) is 101 Å². The van der Waals surface area contributed by atoms with Crippen LogP contribution in [0.4, 0.5) is 0 Å². The van der Waals surface area contributed by atoms with Gasteiger partial charge < -0.3 is 9.94 Å². The van der Waals surface area contributed by atoms with Crippen molar-refractivity contribution in [1.29, 1.82) is 0 Å². The van der Waals surface area contributed by atoms with Gasteiger partial charge in [0, 0.05) is 25.7 Å². The number of rotatable bonds is 17. The van der Waals surface area contributed by atoms with Gasteiger partial charge in [0.2, 0.25) is 0 Å². The SMILES string of the molecule is O=C(O)CCCCCCC/C=C\CCCCCCCC(=O)ON1C(=O)CCC1=O. The summed E-state index contributed by atoms with van der Waals surface area (Å²) in [6.07, 6.45) is 17.5. The quantitative estimate of drug-likeness (QED) is 0.212. The summed E-state index contributed by atoms with van der Waals surface area (Å²) in [6.45, 7) is 0. The molecular weight excluding hydrogens is 374 g/mol. The Labute approximate surface area is 173 Å². The van der Waals surface area contributed by atoms with E-state index in [1.165, 1.54) is 0 Å². The molecule has 1 fully saturated rings. The van der Waals surface area contributed by atoms with Crippen molar-refractivity contribution in [3.8, 4) is 0 Å². The molecule has 0 aromatic heterocycles. The Morgan fingerprint density at radius 3 is 1.72 bits per heavy atom. The molecule has 0 radical (unpaired) electrons. The second-order valence-corrected chi connectivity index (χ2v) is 7.52. The zero-order valence-corrected chi connectivity index (χ0v) is 17.4. The van der Waals surface area contributed by atoms with Gasteiger partial charge in [0.1, 0.15) is 0 Å². The van der Waals surface area contributed by atoms with Crippen molar-refractivity contribution in [1.82, 2.24) is 5.06 Å². The Morgan fingerprint density at radius 2 is 1.21 bits per heavy atom. The van der Waals surface area contributed by atoms with Crippen LogP contribution in [0.25, 0.3) is 0 Å². The zero-order valence-electron chi connectivity index (χ0n) is 17.4. The number of unbranched alkanes of at least 4 members (excludes halogenated alkanes) is 10. The Kier molecular flexibility index (Phi) is 13.5. The highest BCUT2D eigenvalue weighted by molar-refractivity contribution is 6.01. The largest absolute Gasteiger partial charge is 0.481 e. The summed E-state index contributed by atoms with van der Waals surface area (Å²) in [6, 6.07) is 0. The maximum Gasteiger partial charge on any atom is 0.333 e. The van der Waals surface area contributed by atoms with Gasteiger partial charge in [-0.2, -0.15) is 0 Å². The first-order chi connectivity index (χ1) is 14.0. The summed E-state index contributed by atoms with van der Waals surface area (Å²) in [5, 5.41) is 9.16. The lowest BCUT2D eigenvalue weighted by Crippen LogP contribution is -2.31. The Morgan fingerprint density at radius 1 is 0.759 bits per heavy atom. The second kappa shape index (κ2) is 15.7. The lowest BCUT2D eigenvalue weighted by atomic mass is 10.1. The molecule has 0 atom stereocenters. The molecule has 1 heterocycles. The fourth-order valence-electron chi connectivity index (χ4n) is 3.17. The van der Waals surface area contributed by atoms with Crippen LogP contribution in [0.5, 0.6) is 0 Å². The number of carboxylic acids is 1. The first-order valence-electron chi connectivity index (χ1n) is 10.9. The average Bonchev–Trinajstić information content (AvgIpc) is 2.99. The minimum atomic E-state index is -0.705. The van der Waals surface area contributed by atoms with Crippen LogP contribution in [0.2, 0.25) is 0 Å². The first-order valence-corrected chi connectivity index (χ1v) is 10.9. The first kappa shape index (κ1) is 24.9. The monoisotopic (exact) mass is 409 g/mol. The van der Waals surface area contributed by atoms with E-state index in [0.29, 0.717) is 11.5 Å². The van der Waals surface area contributed by atoms with Crippen molar-refractivity contribution >= 4 is 23.8 Å². The van der Waals surface area contributed by atoms with Gasteiger partial charge in [0.25, 0.3) is 11.8 Å². The molecule has 1 saturated heterocycles. The smallest absolute Gasteiger partial charge is 0.333 e. The van der Waals surface area contributed by atoms with Gasteiger partial charge in [-0.25, -0.2) is 4.79 Å². The molecule has 1 rings (SSSR count). The molecular formula is C22H35NO6. The third-order valence-corrected chi connectivity index (χ3v) is 4.88. The van der Waals surface area contributed by atoms with Gasteiger partial charge in [-0.3, -0.25) is 14.4 Å². The van der Waals surface area contributed by atoms with E-state index < -0.39 is 23.8 Å². The number of aliphatic carboxylic acids is 1. The van der Waals surface area contributed by atoms with Crippen molar-refractivity contribution in [2.45, 2.75) is 103 Å². The summed E-state index contributed by atoms with van der Waals surface area (Å²) < 4.78 is 0. The molecule has 7 heteroatoms. The summed E-state index contributed by atoms with van der Waals surface area (Å²) >= 11 is 0. The van der Waals surface area contributed by atoms with Crippen LogP contribution in [0.1, 0.15) is 103 Å². The molecule has 7 nitrogen and oxygen atoms in total. The molecule has 0 spiro atoms. The van der Waals surface area contributed by atoms with Gasteiger partial charge in [0.15, 0.2) is 0 Å². The van der Waals surface area contributed by atoms with Gasteiger partial charge in [-0.15, -0.1) is 5.06 Å². The van der Waals surface area contributed by atoms with Crippen LogP contribution in [-0.2, 0) is 24.0 Å². The lowest BCUT2D eigenvalue weighted by Gasteiger charge is -2.12. The van der Waals surface area contributed by atoms with E-state index in [4.69, 9.17) is 9.94 Å². The average molecular weight is 410 g/mol. The van der Waals surface area contributed by atoms with E-state index in [9.17, 15) is 19.2 Å². The predicted molar refractivity (Wildman–Crippen MR) is 109 cm³/mol. The van der Waals surface area contributed by atoms with Crippen LogP contribution in [0, 0.1) is 0 Å². The molecule has 0 bridgehead atoms. The minimum Gasteiger partial charge on any atom is -0.481 e. The minimum absolute atomic E-state index is 0.120. The van der Waals surface area contributed by atoms with E-state index in [-0.39, 0.29) is 25.7 Å². The molecule has 164 valence electrons. The van der Waals surface area contributed by atoms with E-state index in [0.717, 1.165) is 70.6 Å². The fourth-order valence-corrected chi connectivity index (χ4v) is 3.17. The van der Waals surface area contributed by atoms with Gasteiger partial charge in [0.05, 0.1) is 0 Å². The van der Waals surface area contributed by atoms with Crippen molar-refractivity contribution < 1.29 is 29.1 Å². The number of amides is 2. The molecule has 0 aliphatic carbocycles. The summed E-state index contributed by atoms with van der Waals surface area (Å²) in [5.41, 5.74) is 0. The summed E-state index contributed by atoms with van der Waals surface area (Å²) in [7, 11) is 0. The highest BCUT2D eigenvalue weighted by atomic mass is 16.7.